The van der Waals surface area contributed by atoms with Crippen molar-refractivity contribution in [2.75, 3.05) is 11.4 Å². The minimum atomic E-state index is 0.0645. The van der Waals surface area contributed by atoms with Crippen LogP contribution in [0.2, 0.25) is 0 Å². The highest BCUT2D eigenvalue weighted by molar-refractivity contribution is 7.13. The summed E-state index contributed by atoms with van der Waals surface area (Å²) in [5, 5.41) is 2.87. The largest absolute Gasteiger partial charge is 0.312 e. The number of carbonyl (C=O) groups is 1. The van der Waals surface area contributed by atoms with E-state index >= 15 is 0 Å². The van der Waals surface area contributed by atoms with E-state index in [0.717, 1.165) is 27.5 Å². The first-order valence-corrected chi connectivity index (χ1v) is 8.77. The molecule has 0 saturated carbocycles. The smallest absolute Gasteiger partial charge is 0.233 e. The molecule has 5 heteroatoms. The third kappa shape index (κ3) is 3.68. The molecule has 0 aliphatic carbocycles. The van der Waals surface area contributed by atoms with Crippen molar-refractivity contribution < 1.29 is 4.79 Å². The Balaban J connectivity index is 1.75. The van der Waals surface area contributed by atoms with Gasteiger partial charge in [0.2, 0.25) is 5.91 Å². The minimum Gasteiger partial charge on any atom is -0.312 e. The molecule has 0 aliphatic rings. The number of nitrogens with zero attached hydrogens (tertiary/aromatic N) is 3. The summed E-state index contributed by atoms with van der Waals surface area (Å²) in [6, 6.07) is 11.9. The molecule has 0 unspecified atom stereocenters. The molecule has 0 bridgehead atoms. The Labute approximate surface area is 145 Å². The van der Waals surface area contributed by atoms with Crippen LogP contribution in [-0.2, 0) is 11.2 Å². The van der Waals surface area contributed by atoms with E-state index in [1.807, 2.05) is 55.6 Å². The molecule has 0 atom stereocenters. The molecule has 4 nitrogen and oxygen atoms in total. The molecule has 0 spiro atoms. The van der Waals surface area contributed by atoms with Gasteiger partial charge in [0.25, 0.3) is 0 Å². The standard InChI is InChI=1S/C19H19N3OS/c1-3-22(17-6-4-5-14(2)11-17)18(23)12-16-13-24-19(21-16)15-7-9-20-10-8-15/h4-11,13H,3,12H2,1-2H3. The van der Waals surface area contributed by atoms with Crippen LogP contribution in [0.15, 0.2) is 54.2 Å². The van der Waals surface area contributed by atoms with Gasteiger partial charge in [-0.2, -0.15) is 0 Å². The predicted molar refractivity (Wildman–Crippen MR) is 98.3 cm³/mol. The first-order valence-electron chi connectivity index (χ1n) is 7.89. The van der Waals surface area contributed by atoms with E-state index in [4.69, 9.17) is 0 Å². The van der Waals surface area contributed by atoms with E-state index in [9.17, 15) is 4.79 Å². The molecule has 0 aliphatic heterocycles. The molecule has 0 radical (unpaired) electrons. The first kappa shape index (κ1) is 16.3. The Morgan fingerprint density at radius 2 is 2.00 bits per heavy atom. The lowest BCUT2D eigenvalue weighted by Crippen LogP contribution is -2.32. The van der Waals surface area contributed by atoms with Crippen LogP contribution in [-0.4, -0.2) is 22.4 Å². The lowest BCUT2D eigenvalue weighted by Gasteiger charge is -2.21. The number of hydrogen-bond acceptors (Lipinski definition) is 4. The van der Waals surface area contributed by atoms with Gasteiger partial charge in [-0.1, -0.05) is 12.1 Å². The molecule has 1 aromatic carbocycles. The van der Waals surface area contributed by atoms with Gasteiger partial charge < -0.3 is 4.90 Å². The molecule has 0 saturated heterocycles. The van der Waals surface area contributed by atoms with Crippen molar-refractivity contribution in [1.82, 2.24) is 9.97 Å². The van der Waals surface area contributed by atoms with Gasteiger partial charge in [0, 0.05) is 35.6 Å². The second-order valence-electron chi connectivity index (χ2n) is 5.53. The predicted octanol–water partition coefficient (Wildman–Crippen LogP) is 4.11. The maximum Gasteiger partial charge on any atom is 0.233 e. The zero-order chi connectivity index (χ0) is 16.9. The maximum atomic E-state index is 12.7. The molecule has 0 N–H and O–H groups in total. The summed E-state index contributed by atoms with van der Waals surface area (Å²) in [6.07, 6.45) is 3.81. The molecule has 1 amide bonds. The first-order chi connectivity index (χ1) is 11.7. The number of hydrogen-bond donors (Lipinski definition) is 0. The van der Waals surface area contributed by atoms with E-state index in [1.54, 1.807) is 28.6 Å². The Kier molecular flexibility index (Phi) is 5.01. The van der Waals surface area contributed by atoms with Crippen LogP contribution >= 0.6 is 11.3 Å². The summed E-state index contributed by atoms with van der Waals surface area (Å²) in [5.74, 6) is 0.0645. The van der Waals surface area contributed by atoms with Crippen molar-refractivity contribution in [3.63, 3.8) is 0 Å². The number of amides is 1. The van der Waals surface area contributed by atoms with Crippen molar-refractivity contribution in [3.05, 3.63) is 65.4 Å². The minimum absolute atomic E-state index is 0.0645. The molecule has 2 heterocycles. The average molecular weight is 337 g/mol. The number of anilines is 1. The normalized spacial score (nSPS) is 10.6. The monoisotopic (exact) mass is 337 g/mol. The number of pyridine rings is 1. The highest BCUT2D eigenvalue weighted by Crippen LogP contribution is 2.24. The van der Waals surface area contributed by atoms with Gasteiger partial charge in [-0.15, -0.1) is 11.3 Å². The van der Waals surface area contributed by atoms with Crippen LogP contribution in [0.5, 0.6) is 0 Å². The number of aryl methyl sites for hydroxylation is 1. The fourth-order valence-electron chi connectivity index (χ4n) is 2.56. The van der Waals surface area contributed by atoms with Crippen molar-refractivity contribution in [2.24, 2.45) is 0 Å². The Hall–Kier alpha value is -2.53. The number of rotatable bonds is 5. The number of benzene rings is 1. The van der Waals surface area contributed by atoms with Crippen LogP contribution in [0, 0.1) is 6.92 Å². The van der Waals surface area contributed by atoms with Gasteiger partial charge in [0.1, 0.15) is 5.01 Å². The fraction of sp³-hybridized carbons (Fsp3) is 0.211. The molecule has 3 aromatic rings. The van der Waals surface area contributed by atoms with E-state index in [-0.39, 0.29) is 5.91 Å². The van der Waals surface area contributed by atoms with E-state index in [0.29, 0.717) is 13.0 Å². The second kappa shape index (κ2) is 7.36. The van der Waals surface area contributed by atoms with Crippen LogP contribution in [0.25, 0.3) is 10.6 Å². The van der Waals surface area contributed by atoms with Crippen LogP contribution < -0.4 is 4.90 Å². The van der Waals surface area contributed by atoms with Gasteiger partial charge in [-0.25, -0.2) is 4.98 Å². The highest BCUT2D eigenvalue weighted by atomic mass is 32.1. The number of thiazole rings is 1. The summed E-state index contributed by atoms with van der Waals surface area (Å²) < 4.78 is 0. The van der Waals surface area contributed by atoms with Crippen molar-refractivity contribution in [3.8, 4) is 10.6 Å². The highest BCUT2D eigenvalue weighted by Gasteiger charge is 2.16. The zero-order valence-electron chi connectivity index (χ0n) is 13.8. The Morgan fingerprint density at radius 1 is 1.21 bits per heavy atom. The Bertz CT molecular complexity index is 829. The Morgan fingerprint density at radius 3 is 2.71 bits per heavy atom. The second-order valence-corrected chi connectivity index (χ2v) is 6.39. The van der Waals surface area contributed by atoms with Gasteiger partial charge >= 0.3 is 0 Å². The molecule has 2 aromatic heterocycles. The van der Waals surface area contributed by atoms with Crippen molar-refractivity contribution >= 4 is 22.9 Å². The quantitative estimate of drug-likeness (QED) is 0.704. The molecule has 122 valence electrons. The molecule has 0 fully saturated rings. The summed E-state index contributed by atoms with van der Waals surface area (Å²) in [5.41, 5.74) is 3.92. The molecular formula is C19H19N3OS. The topological polar surface area (TPSA) is 46.1 Å². The summed E-state index contributed by atoms with van der Waals surface area (Å²) >= 11 is 1.55. The summed E-state index contributed by atoms with van der Waals surface area (Å²) in [6.45, 7) is 4.66. The fourth-order valence-corrected chi connectivity index (χ4v) is 3.39. The lowest BCUT2D eigenvalue weighted by atomic mass is 10.2. The third-order valence-corrected chi connectivity index (χ3v) is 4.68. The zero-order valence-corrected chi connectivity index (χ0v) is 14.6. The third-order valence-electron chi connectivity index (χ3n) is 3.74. The van der Waals surface area contributed by atoms with Crippen molar-refractivity contribution in [1.29, 1.82) is 0 Å². The molecule has 24 heavy (non-hydrogen) atoms. The SMILES string of the molecule is CCN(C(=O)Cc1csc(-c2ccncc2)n1)c1cccc(C)c1. The summed E-state index contributed by atoms with van der Waals surface area (Å²) in [4.78, 5) is 23.1. The molecular weight excluding hydrogens is 318 g/mol. The number of carbonyl (C=O) groups excluding carboxylic acids is 1. The van der Waals surface area contributed by atoms with E-state index in [2.05, 4.69) is 9.97 Å². The van der Waals surface area contributed by atoms with E-state index in [1.165, 1.54) is 0 Å². The van der Waals surface area contributed by atoms with Gasteiger partial charge in [-0.05, 0) is 43.7 Å². The van der Waals surface area contributed by atoms with Crippen LogP contribution in [0.4, 0.5) is 5.69 Å². The van der Waals surface area contributed by atoms with Gasteiger partial charge in [-0.3, -0.25) is 9.78 Å². The van der Waals surface area contributed by atoms with Crippen LogP contribution in [0.3, 0.4) is 0 Å². The maximum absolute atomic E-state index is 12.7. The average Bonchev–Trinajstić information content (AvgIpc) is 3.05. The van der Waals surface area contributed by atoms with E-state index < -0.39 is 0 Å². The summed E-state index contributed by atoms with van der Waals surface area (Å²) in [7, 11) is 0. The molecule has 3 rings (SSSR count). The lowest BCUT2D eigenvalue weighted by molar-refractivity contribution is -0.118. The number of aromatic nitrogens is 2. The number of likely N-dealkylation sites (N-methyl/N-ethyl adjacent to an activating group) is 1. The van der Waals surface area contributed by atoms with Gasteiger partial charge in [0.15, 0.2) is 0 Å². The van der Waals surface area contributed by atoms with Gasteiger partial charge in [0.05, 0.1) is 12.1 Å². The van der Waals surface area contributed by atoms with Crippen LogP contribution in [0.1, 0.15) is 18.2 Å². The van der Waals surface area contributed by atoms with Crippen molar-refractivity contribution in [2.45, 2.75) is 20.3 Å².